The first-order valence-electron chi connectivity index (χ1n) is 15.5. The fourth-order valence-electron chi connectivity index (χ4n) is 5.93. The molecule has 0 fully saturated rings. The van der Waals surface area contributed by atoms with E-state index in [-0.39, 0.29) is 22.6 Å². The second-order valence-electron chi connectivity index (χ2n) is 13.0. The summed E-state index contributed by atoms with van der Waals surface area (Å²) in [6.45, 7) is 13.4. The van der Waals surface area contributed by atoms with E-state index in [4.69, 9.17) is 4.74 Å². The highest BCUT2D eigenvalue weighted by Gasteiger charge is 2.31. The Hall–Kier alpha value is -4.33. The number of benzene rings is 4. The second-order valence-corrected chi connectivity index (χ2v) is 15.5. The van der Waals surface area contributed by atoms with Gasteiger partial charge in [0.05, 0.1) is 12.6 Å². The number of aromatic amines is 1. The Bertz CT molecular complexity index is 1790. The van der Waals surface area contributed by atoms with Crippen LogP contribution in [0.15, 0.2) is 102 Å². The number of rotatable bonds is 11. The molecule has 0 unspecified atom stereocenters. The molecule has 1 aromatic heterocycles. The van der Waals surface area contributed by atoms with E-state index < -0.39 is 8.96 Å². The number of aromatic nitrogens is 1. The average molecular weight is 619 g/mol. The first-order valence-corrected chi connectivity index (χ1v) is 18.0. The van der Waals surface area contributed by atoms with Crippen molar-refractivity contribution in [1.29, 1.82) is 0 Å². The third-order valence-corrected chi connectivity index (χ3v) is 10.2. The molecule has 0 aliphatic heterocycles. The molecule has 3 N–H and O–H groups in total. The van der Waals surface area contributed by atoms with Crippen molar-refractivity contribution in [3.8, 4) is 22.6 Å². The normalized spacial score (nSPS) is 12.5. The van der Waals surface area contributed by atoms with Crippen molar-refractivity contribution < 1.29 is 9.84 Å². The van der Waals surface area contributed by atoms with Gasteiger partial charge >= 0.3 is 0 Å². The molecule has 6 nitrogen and oxygen atoms in total. The average Bonchev–Trinajstić information content (AvgIpc) is 3.02. The van der Waals surface area contributed by atoms with Crippen molar-refractivity contribution in [3.05, 3.63) is 119 Å². The van der Waals surface area contributed by atoms with E-state index in [1.165, 1.54) is 5.56 Å². The van der Waals surface area contributed by atoms with Gasteiger partial charge in [0.15, 0.2) is 0 Å². The van der Waals surface area contributed by atoms with Crippen molar-refractivity contribution in [3.63, 3.8) is 0 Å². The van der Waals surface area contributed by atoms with Crippen molar-refractivity contribution in [2.75, 3.05) is 25.5 Å². The number of aromatic hydroxyl groups is 1. The Kier molecular flexibility index (Phi) is 9.80. The minimum Gasteiger partial charge on any atom is -0.506 e. The zero-order valence-corrected chi connectivity index (χ0v) is 28.1. The lowest BCUT2D eigenvalue weighted by Gasteiger charge is -2.38. The molecule has 1 radical (unpaired) electrons. The van der Waals surface area contributed by atoms with Crippen LogP contribution in [0.2, 0.25) is 13.1 Å². The summed E-state index contributed by atoms with van der Waals surface area (Å²) in [7, 11) is 0.957. The van der Waals surface area contributed by atoms with Crippen molar-refractivity contribution in [2.45, 2.75) is 46.2 Å². The van der Waals surface area contributed by atoms with Crippen LogP contribution in [-0.4, -0.2) is 43.8 Å². The Balaban J connectivity index is 1.30. The molecule has 0 spiro atoms. The predicted octanol–water partition coefficient (Wildman–Crippen LogP) is 8.58. The van der Waals surface area contributed by atoms with Gasteiger partial charge in [-0.25, -0.2) is 0 Å². The monoisotopic (exact) mass is 618 g/mol. The van der Waals surface area contributed by atoms with E-state index in [2.05, 4.69) is 91.2 Å². The van der Waals surface area contributed by atoms with Crippen LogP contribution in [0, 0.1) is 5.41 Å². The quantitative estimate of drug-likeness (QED) is 0.129. The highest BCUT2D eigenvalue weighted by molar-refractivity contribution is 6.52. The highest BCUT2D eigenvalue weighted by atomic mass is 28.3. The molecule has 0 saturated carbocycles. The van der Waals surface area contributed by atoms with Gasteiger partial charge in [-0.2, -0.15) is 0 Å². The van der Waals surface area contributed by atoms with Gasteiger partial charge in [-0.1, -0.05) is 82.4 Å². The van der Waals surface area contributed by atoms with Gasteiger partial charge < -0.3 is 24.7 Å². The molecule has 1 atom stereocenters. The summed E-state index contributed by atoms with van der Waals surface area (Å²) in [6.07, 6.45) is 0.956. The van der Waals surface area contributed by atoms with Crippen LogP contribution in [0.25, 0.3) is 22.0 Å². The zero-order chi connectivity index (χ0) is 32.1. The largest absolute Gasteiger partial charge is 0.506 e. The summed E-state index contributed by atoms with van der Waals surface area (Å²) in [6, 6.07) is 32.3. The van der Waals surface area contributed by atoms with E-state index in [9.17, 15) is 9.90 Å². The number of phenolic OH excluding ortho intramolecular Hbond substituents is 1. The fourth-order valence-corrected chi connectivity index (χ4v) is 7.04. The van der Waals surface area contributed by atoms with Crippen LogP contribution in [0.4, 0.5) is 11.4 Å². The van der Waals surface area contributed by atoms with Crippen LogP contribution in [0.5, 0.6) is 11.5 Å². The summed E-state index contributed by atoms with van der Waals surface area (Å²) in [5, 5.41) is 14.9. The molecule has 5 rings (SSSR count). The molecule has 0 aliphatic carbocycles. The van der Waals surface area contributed by atoms with Gasteiger partial charge in [-0.3, -0.25) is 4.79 Å². The number of ether oxygens (including phenoxy) is 1. The van der Waals surface area contributed by atoms with Gasteiger partial charge in [-0.15, -0.1) is 0 Å². The third kappa shape index (κ3) is 7.67. The van der Waals surface area contributed by atoms with E-state index >= 15 is 0 Å². The van der Waals surface area contributed by atoms with Crippen LogP contribution >= 0.6 is 0 Å². The summed E-state index contributed by atoms with van der Waals surface area (Å²) >= 11 is 0. The molecule has 1 heterocycles. The van der Waals surface area contributed by atoms with Crippen molar-refractivity contribution in [2.24, 2.45) is 5.41 Å². The Morgan fingerprint density at radius 2 is 1.62 bits per heavy atom. The minimum absolute atomic E-state index is 0.0231. The molecule has 7 heteroatoms. The van der Waals surface area contributed by atoms with Crippen LogP contribution in [0.1, 0.15) is 37.8 Å². The molecule has 0 bridgehead atoms. The van der Waals surface area contributed by atoms with Crippen LogP contribution in [0.3, 0.4) is 0 Å². The number of anilines is 2. The van der Waals surface area contributed by atoms with Gasteiger partial charge in [0.25, 0.3) is 0 Å². The van der Waals surface area contributed by atoms with Gasteiger partial charge in [-0.05, 0) is 84.1 Å². The lowest BCUT2D eigenvalue weighted by atomic mass is 9.75. The van der Waals surface area contributed by atoms with E-state index in [0.717, 1.165) is 58.7 Å². The molecule has 0 amide bonds. The Labute approximate surface area is 268 Å². The number of phenols is 1. The standard InChI is InChI=1S/C38H44N3O3Si/c1-38(2,3)33(30-17-19-34(42)37-31(30)18-21-36(43)40-37)25-41(45(5)6)23-22-26-12-14-28(15-13-26)39-29-16-20-35(44-4)32(24-29)27-10-8-7-9-11-27/h7-21,24,33,39,42H,22-23,25H2,1-6H3,(H,40,43)/t33-/m0/s1. The first kappa shape index (κ1) is 32.1. The molecule has 45 heavy (non-hydrogen) atoms. The molecule has 0 aliphatic rings. The number of methoxy groups -OCH3 is 1. The van der Waals surface area contributed by atoms with Gasteiger partial charge in [0.1, 0.15) is 20.5 Å². The molecule has 4 aromatic carbocycles. The number of nitrogens with zero attached hydrogens (tertiary/aromatic N) is 1. The second kappa shape index (κ2) is 13.8. The first-order chi connectivity index (χ1) is 21.5. The lowest BCUT2D eigenvalue weighted by molar-refractivity contribution is 0.264. The number of pyridine rings is 1. The maximum Gasteiger partial charge on any atom is 0.248 e. The number of hydrogen-bond acceptors (Lipinski definition) is 5. The summed E-state index contributed by atoms with van der Waals surface area (Å²) < 4.78 is 8.26. The van der Waals surface area contributed by atoms with Gasteiger partial charge in [0, 0.05) is 34.3 Å². The maximum absolute atomic E-state index is 12.0. The third-order valence-electron chi connectivity index (χ3n) is 8.56. The lowest BCUT2D eigenvalue weighted by Crippen LogP contribution is -2.42. The SMILES string of the molecule is COc1ccc(Nc2ccc(CCN(C[C@@H](c3ccc(O)c4[nH]c(=O)ccc34)C(C)(C)C)[Si](C)C)cc2)cc1-c1ccccc1. The van der Waals surface area contributed by atoms with Crippen molar-refractivity contribution >= 4 is 31.2 Å². The van der Waals surface area contributed by atoms with E-state index in [0.29, 0.717) is 5.52 Å². The summed E-state index contributed by atoms with van der Waals surface area (Å²) in [5.41, 5.74) is 6.96. The number of H-pyrrole nitrogens is 1. The van der Waals surface area contributed by atoms with E-state index in [1.807, 2.05) is 42.5 Å². The molecule has 5 aromatic rings. The van der Waals surface area contributed by atoms with Crippen molar-refractivity contribution in [1.82, 2.24) is 9.55 Å². The number of fused-ring (bicyclic) bond motifs is 1. The fraction of sp³-hybridized carbons (Fsp3) is 0.289. The molecule has 0 saturated heterocycles. The Morgan fingerprint density at radius 1 is 0.911 bits per heavy atom. The predicted molar refractivity (Wildman–Crippen MR) is 189 cm³/mol. The molecule has 233 valence electrons. The minimum atomic E-state index is -0.749. The van der Waals surface area contributed by atoms with Crippen LogP contribution in [-0.2, 0) is 6.42 Å². The smallest absolute Gasteiger partial charge is 0.248 e. The van der Waals surface area contributed by atoms with Gasteiger partial charge in [0.2, 0.25) is 5.56 Å². The zero-order valence-electron chi connectivity index (χ0n) is 27.1. The molecular formula is C38H44N3O3Si. The highest BCUT2D eigenvalue weighted by Crippen LogP contribution is 2.40. The maximum atomic E-state index is 12.0. The number of nitrogens with one attached hydrogen (secondary N) is 2. The van der Waals surface area contributed by atoms with Crippen LogP contribution < -0.4 is 15.6 Å². The topological polar surface area (TPSA) is 77.6 Å². The number of hydrogen-bond donors (Lipinski definition) is 3. The van der Waals surface area contributed by atoms with E-state index in [1.54, 1.807) is 19.2 Å². The summed E-state index contributed by atoms with van der Waals surface area (Å²) in [4.78, 5) is 14.9. The molecular weight excluding hydrogens is 575 g/mol. The Morgan fingerprint density at radius 3 is 2.29 bits per heavy atom. The summed E-state index contributed by atoms with van der Waals surface area (Å²) in [5.74, 6) is 1.16.